The minimum atomic E-state index is 0.309. The molecule has 0 aromatic rings. The lowest BCUT2D eigenvalue weighted by Crippen LogP contribution is -2.58. The summed E-state index contributed by atoms with van der Waals surface area (Å²) >= 11 is 0. The number of ether oxygens (including phenoxy) is 1. The molecule has 1 atom stereocenters. The van der Waals surface area contributed by atoms with Crippen LogP contribution in [0.1, 0.15) is 32.6 Å². The highest BCUT2D eigenvalue weighted by atomic mass is 16.5. The molecule has 90 valence electrons. The van der Waals surface area contributed by atoms with Crippen LogP contribution in [0, 0.1) is 0 Å². The molecule has 1 fully saturated rings. The standard InChI is InChI=1S/C12H26N2O/c1-5-15-10-11(13-2)12(14(3)4)8-6-7-9-12/h11,13H,5-10H2,1-4H3. The summed E-state index contributed by atoms with van der Waals surface area (Å²) in [6, 6.07) is 0.454. The highest BCUT2D eigenvalue weighted by Crippen LogP contribution is 2.36. The van der Waals surface area contributed by atoms with E-state index in [4.69, 9.17) is 4.74 Å². The van der Waals surface area contributed by atoms with Gasteiger partial charge in [-0.25, -0.2) is 0 Å². The summed E-state index contributed by atoms with van der Waals surface area (Å²) < 4.78 is 5.58. The van der Waals surface area contributed by atoms with Crippen molar-refractivity contribution < 1.29 is 4.74 Å². The molecule has 0 amide bonds. The molecule has 3 heteroatoms. The summed E-state index contributed by atoms with van der Waals surface area (Å²) in [5.74, 6) is 0. The Bertz CT molecular complexity index is 176. The predicted molar refractivity (Wildman–Crippen MR) is 64.2 cm³/mol. The maximum Gasteiger partial charge on any atom is 0.0637 e. The second-order valence-corrected chi connectivity index (χ2v) is 4.71. The fraction of sp³-hybridized carbons (Fsp3) is 1.00. The van der Waals surface area contributed by atoms with Crippen molar-refractivity contribution in [3.63, 3.8) is 0 Å². The van der Waals surface area contributed by atoms with Crippen molar-refractivity contribution in [1.29, 1.82) is 0 Å². The largest absolute Gasteiger partial charge is 0.380 e. The van der Waals surface area contributed by atoms with Crippen LogP contribution in [0.5, 0.6) is 0 Å². The smallest absolute Gasteiger partial charge is 0.0637 e. The van der Waals surface area contributed by atoms with Crippen LogP contribution in [0.2, 0.25) is 0 Å². The zero-order valence-corrected chi connectivity index (χ0v) is 10.7. The number of rotatable bonds is 6. The van der Waals surface area contributed by atoms with E-state index in [0.717, 1.165) is 13.2 Å². The maximum atomic E-state index is 5.58. The normalized spacial score (nSPS) is 22.2. The van der Waals surface area contributed by atoms with Crippen LogP contribution in [0.25, 0.3) is 0 Å². The van der Waals surface area contributed by atoms with Gasteiger partial charge in [-0.15, -0.1) is 0 Å². The first-order valence-electron chi connectivity index (χ1n) is 6.10. The third kappa shape index (κ3) is 2.71. The highest BCUT2D eigenvalue weighted by molar-refractivity contribution is 5.01. The molecule has 1 unspecified atom stereocenters. The van der Waals surface area contributed by atoms with Gasteiger partial charge in [0.25, 0.3) is 0 Å². The SMILES string of the molecule is CCOCC(NC)C1(N(C)C)CCCC1. The lowest BCUT2D eigenvalue weighted by molar-refractivity contribution is 0.0401. The van der Waals surface area contributed by atoms with Gasteiger partial charge in [-0.3, -0.25) is 0 Å². The molecule has 0 saturated heterocycles. The fourth-order valence-corrected chi connectivity index (χ4v) is 2.84. The van der Waals surface area contributed by atoms with Crippen molar-refractivity contribution in [3.05, 3.63) is 0 Å². The van der Waals surface area contributed by atoms with Crippen LogP contribution in [0.4, 0.5) is 0 Å². The minimum absolute atomic E-state index is 0.309. The maximum absolute atomic E-state index is 5.58. The van der Waals surface area contributed by atoms with Crippen LogP contribution in [0.3, 0.4) is 0 Å². The summed E-state index contributed by atoms with van der Waals surface area (Å²) in [5, 5.41) is 3.43. The van der Waals surface area contributed by atoms with E-state index in [9.17, 15) is 0 Å². The van der Waals surface area contributed by atoms with E-state index >= 15 is 0 Å². The highest BCUT2D eigenvalue weighted by Gasteiger charge is 2.42. The molecule has 0 radical (unpaired) electrons. The number of likely N-dealkylation sites (N-methyl/N-ethyl adjacent to an activating group) is 2. The topological polar surface area (TPSA) is 24.5 Å². The predicted octanol–water partition coefficient (Wildman–Crippen LogP) is 1.49. The Balaban J connectivity index is 2.67. The molecule has 1 rings (SSSR count). The zero-order valence-electron chi connectivity index (χ0n) is 10.7. The summed E-state index contributed by atoms with van der Waals surface area (Å²) in [5.41, 5.74) is 0.309. The molecule has 1 aliphatic carbocycles. The molecule has 0 aliphatic heterocycles. The lowest BCUT2D eigenvalue weighted by atomic mass is 9.87. The Kier molecular flexibility index (Phi) is 5.03. The summed E-state index contributed by atoms with van der Waals surface area (Å²) in [4.78, 5) is 2.39. The van der Waals surface area contributed by atoms with Gasteiger partial charge >= 0.3 is 0 Å². The van der Waals surface area contributed by atoms with Crippen LogP contribution in [0.15, 0.2) is 0 Å². The Labute approximate surface area is 94.2 Å². The van der Waals surface area contributed by atoms with E-state index in [0.29, 0.717) is 11.6 Å². The Hall–Kier alpha value is -0.120. The molecule has 1 aliphatic rings. The summed E-state index contributed by atoms with van der Waals surface area (Å²) in [7, 11) is 6.44. The van der Waals surface area contributed by atoms with E-state index in [1.807, 2.05) is 7.05 Å². The van der Waals surface area contributed by atoms with Gasteiger partial charge in [-0.1, -0.05) is 12.8 Å². The van der Waals surface area contributed by atoms with Crippen molar-refractivity contribution in [3.8, 4) is 0 Å². The second-order valence-electron chi connectivity index (χ2n) is 4.71. The zero-order chi connectivity index (χ0) is 11.3. The van der Waals surface area contributed by atoms with Gasteiger partial charge in [-0.05, 0) is 40.9 Å². The molecule has 0 heterocycles. The van der Waals surface area contributed by atoms with Crippen molar-refractivity contribution in [2.24, 2.45) is 0 Å². The van der Waals surface area contributed by atoms with E-state index < -0.39 is 0 Å². The number of hydrogen-bond donors (Lipinski definition) is 1. The van der Waals surface area contributed by atoms with Gasteiger partial charge in [0.15, 0.2) is 0 Å². The van der Waals surface area contributed by atoms with E-state index in [2.05, 4.69) is 31.2 Å². The average molecular weight is 214 g/mol. The molecule has 1 N–H and O–H groups in total. The quantitative estimate of drug-likeness (QED) is 0.725. The van der Waals surface area contributed by atoms with Crippen molar-refractivity contribution in [2.75, 3.05) is 34.4 Å². The first-order valence-corrected chi connectivity index (χ1v) is 6.10. The van der Waals surface area contributed by atoms with Crippen molar-refractivity contribution >= 4 is 0 Å². The minimum Gasteiger partial charge on any atom is -0.380 e. The molecule has 15 heavy (non-hydrogen) atoms. The monoisotopic (exact) mass is 214 g/mol. The molecule has 1 saturated carbocycles. The van der Waals surface area contributed by atoms with Crippen molar-refractivity contribution in [1.82, 2.24) is 10.2 Å². The number of nitrogens with zero attached hydrogens (tertiary/aromatic N) is 1. The van der Waals surface area contributed by atoms with E-state index in [1.54, 1.807) is 0 Å². The first kappa shape index (κ1) is 12.9. The number of hydrogen-bond acceptors (Lipinski definition) is 3. The van der Waals surface area contributed by atoms with Gasteiger partial charge in [0.2, 0.25) is 0 Å². The first-order chi connectivity index (χ1) is 7.17. The van der Waals surface area contributed by atoms with Gasteiger partial charge in [-0.2, -0.15) is 0 Å². The molecule has 0 aromatic carbocycles. The number of nitrogens with one attached hydrogen (secondary N) is 1. The van der Waals surface area contributed by atoms with Gasteiger partial charge in [0.1, 0.15) is 0 Å². The molecular weight excluding hydrogens is 188 g/mol. The Morgan fingerprint density at radius 1 is 1.33 bits per heavy atom. The fourth-order valence-electron chi connectivity index (χ4n) is 2.84. The third-order valence-electron chi connectivity index (χ3n) is 3.85. The second kappa shape index (κ2) is 5.83. The van der Waals surface area contributed by atoms with Crippen LogP contribution >= 0.6 is 0 Å². The molecule has 0 aromatic heterocycles. The Morgan fingerprint density at radius 3 is 2.33 bits per heavy atom. The average Bonchev–Trinajstić information content (AvgIpc) is 2.69. The van der Waals surface area contributed by atoms with E-state index in [1.165, 1.54) is 25.7 Å². The lowest BCUT2D eigenvalue weighted by Gasteiger charge is -2.43. The summed E-state index contributed by atoms with van der Waals surface area (Å²) in [6.45, 7) is 3.69. The molecule has 3 nitrogen and oxygen atoms in total. The summed E-state index contributed by atoms with van der Waals surface area (Å²) in [6.07, 6.45) is 5.28. The van der Waals surface area contributed by atoms with Crippen molar-refractivity contribution in [2.45, 2.75) is 44.2 Å². The third-order valence-corrected chi connectivity index (χ3v) is 3.85. The van der Waals surface area contributed by atoms with Crippen LogP contribution in [-0.4, -0.2) is 50.8 Å². The molecule has 0 spiro atoms. The molecule has 0 bridgehead atoms. The Morgan fingerprint density at radius 2 is 1.93 bits per heavy atom. The van der Waals surface area contributed by atoms with Crippen LogP contribution < -0.4 is 5.32 Å². The van der Waals surface area contributed by atoms with E-state index in [-0.39, 0.29) is 0 Å². The van der Waals surface area contributed by atoms with Gasteiger partial charge in [0, 0.05) is 18.2 Å². The van der Waals surface area contributed by atoms with Crippen LogP contribution in [-0.2, 0) is 4.74 Å². The van der Waals surface area contributed by atoms with Gasteiger partial charge < -0.3 is 15.0 Å². The molecular formula is C12H26N2O. The van der Waals surface area contributed by atoms with Gasteiger partial charge in [0.05, 0.1) is 6.61 Å².